The van der Waals surface area contributed by atoms with Crippen molar-refractivity contribution < 1.29 is 0 Å². The number of aromatic nitrogens is 2. The molecule has 0 saturated carbocycles. The quantitative estimate of drug-likeness (QED) is 0.528. The second-order valence-electron chi connectivity index (χ2n) is 4.63. The highest BCUT2D eigenvalue weighted by atomic mass is 15.3. The topological polar surface area (TPSA) is 79.1 Å². The van der Waals surface area contributed by atoms with Crippen molar-refractivity contribution in [2.24, 2.45) is 5.84 Å². The molecule has 1 aliphatic rings. The van der Waals surface area contributed by atoms with E-state index < -0.39 is 0 Å². The predicted molar refractivity (Wildman–Crippen MR) is 68.6 cm³/mol. The van der Waals surface area contributed by atoms with E-state index in [-0.39, 0.29) is 0 Å². The molecule has 6 heteroatoms. The molecule has 0 radical (unpaired) electrons. The Hall–Kier alpha value is -1.40. The number of nitrogen functional groups attached to an aromatic ring is 1. The highest BCUT2D eigenvalue weighted by Crippen LogP contribution is 2.18. The van der Waals surface area contributed by atoms with Gasteiger partial charge in [-0.2, -0.15) is 0 Å². The van der Waals surface area contributed by atoms with Gasteiger partial charge in [0.05, 0.1) is 12.4 Å². The standard InChI is InChI=1S/C11H20N6/c1-8-5-9(3-4-17(8)2)14-10-6-13-7-11(15-10)16-12/h6-9H,3-5,12H2,1-2H3,(H2,14,15,16). The van der Waals surface area contributed by atoms with Gasteiger partial charge in [0, 0.05) is 18.6 Å². The Morgan fingerprint density at radius 3 is 2.88 bits per heavy atom. The van der Waals surface area contributed by atoms with Crippen molar-refractivity contribution in [2.75, 3.05) is 24.3 Å². The minimum absolute atomic E-state index is 0.462. The molecule has 1 aromatic rings. The molecule has 0 aromatic carbocycles. The Labute approximate surface area is 102 Å². The number of hydrogen-bond donors (Lipinski definition) is 3. The summed E-state index contributed by atoms with van der Waals surface area (Å²) in [6, 6.07) is 1.06. The number of likely N-dealkylation sites (tertiary alicyclic amines) is 1. The third-order valence-electron chi connectivity index (χ3n) is 3.34. The summed E-state index contributed by atoms with van der Waals surface area (Å²) in [6.07, 6.45) is 5.58. The summed E-state index contributed by atoms with van der Waals surface area (Å²) in [7, 11) is 2.17. The van der Waals surface area contributed by atoms with Crippen molar-refractivity contribution >= 4 is 11.6 Å². The zero-order valence-corrected chi connectivity index (χ0v) is 10.3. The summed E-state index contributed by atoms with van der Waals surface area (Å²) in [6.45, 7) is 3.36. The first-order valence-electron chi connectivity index (χ1n) is 5.94. The van der Waals surface area contributed by atoms with Gasteiger partial charge in [-0.25, -0.2) is 10.8 Å². The van der Waals surface area contributed by atoms with E-state index in [2.05, 4.69) is 39.6 Å². The molecule has 17 heavy (non-hydrogen) atoms. The number of nitrogens with zero attached hydrogens (tertiary/aromatic N) is 3. The molecular weight excluding hydrogens is 216 g/mol. The first-order chi connectivity index (χ1) is 8.19. The van der Waals surface area contributed by atoms with Crippen LogP contribution in [0.3, 0.4) is 0 Å². The van der Waals surface area contributed by atoms with Crippen LogP contribution >= 0.6 is 0 Å². The second kappa shape index (κ2) is 5.29. The van der Waals surface area contributed by atoms with E-state index in [9.17, 15) is 0 Å². The first kappa shape index (κ1) is 12.1. The molecule has 2 atom stereocenters. The highest BCUT2D eigenvalue weighted by molar-refractivity contribution is 5.41. The van der Waals surface area contributed by atoms with E-state index in [0.717, 1.165) is 25.2 Å². The van der Waals surface area contributed by atoms with Crippen molar-refractivity contribution in [1.82, 2.24) is 14.9 Å². The lowest BCUT2D eigenvalue weighted by molar-refractivity contribution is 0.190. The van der Waals surface area contributed by atoms with Gasteiger partial charge in [-0.1, -0.05) is 0 Å². The molecule has 0 spiro atoms. The molecule has 1 aliphatic heterocycles. The molecule has 0 amide bonds. The number of nitrogens with two attached hydrogens (primary N) is 1. The van der Waals surface area contributed by atoms with Crippen molar-refractivity contribution in [3.63, 3.8) is 0 Å². The van der Waals surface area contributed by atoms with Gasteiger partial charge in [0.1, 0.15) is 5.82 Å². The van der Waals surface area contributed by atoms with Gasteiger partial charge in [-0.3, -0.25) is 4.98 Å². The minimum atomic E-state index is 0.462. The smallest absolute Gasteiger partial charge is 0.160 e. The molecule has 0 bridgehead atoms. The lowest BCUT2D eigenvalue weighted by Crippen LogP contribution is -2.42. The van der Waals surface area contributed by atoms with Crippen LogP contribution in [0.5, 0.6) is 0 Å². The Morgan fingerprint density at radius 1 is 1.41 bits per heavy atom. The molecule has 6 nitrogen and oxygen atoms in total. The third kappa shape index (κ3) is 3.04. The summed E-state index contributed by atoms with van der Waals surface area (Å²) >= 11 is 0. The summed E-state index contributed by atoms with van der Waals surface area (Å²) in [5.41, 5.74) is 2.50. The van der Waals surface area contributed by atoms with Gasteiger partial charge in [0.25, 0.3) is 0 Å². The lowest BCUT2D eigenvalue weighted by Gasteiger charge is -2.35. The fourth-order valence-corrected chi connectivity index (χ4v) is 2.13. The van der Waals surface area contributed by atoms with Crippen LogP contribution in [0.1, 0.15) is 19.8 Å². The normalized spacial score (nSPS) is 25.6. The summed E-state index contributed by atoms with van der Waals surface area (Å²) < 4.78 is 0. The van der Waals surface area contributed by atoms with Crippen LogP contribution in [-0.4, -0.2) is 40.5 Å². The molecule has 1 saturated heterocycles. The Morgan fingerprint density at radius 2 is 2.18 bits per heavy atom. The largest absolute Gasteiger partial charge is 0.366 e. The average Bonchev–Trinajstić information content (AvgIpc) is 2.34. The van der Waals surface area contributed by atoms with Gasteiger partial charge < -0.3 is 15.6 Å². The molecule has 2 rings (SSSR count). The summed E-state index contributed by atoms with van der Waals surface area (Å²) in [4.78, 5) is 10.8. The SMILES string of the molecule is CC1CC(Nc2cncc(NN)n2)CCN1C. The molecule has 4 N–H and O–H groups in total. The van der Waals surface area contributed by atoms with Crippen LogP contribution < -0.4 is 16.6 Å². The maximum atomic E-state index is 5.31. The Kier molecular flexibility index (Phi) is 3.75. The maximum absolute atomic E-state index is 5.31. The van der Waals surface area contributed by atoms with Crippen LogP contribution in [0.4, 0.5) is 11.6 Å². The molecule has 1 fully saturated rings. The van der Waals surface area contributed by atoms with Gasteiger partial charge in [0.2, 0.25) is 0 Å². The number of hydrogen-bond acceptors (Lipinski definition) is 6. The number of nitrogens with one attached hydrogen (secondary N) is 2. The summed E-state index contributed by atoms with van der Waals surface area (Å²) in [5, 5.41) is 3.41. The van der Waals surface area contributed by atoms with Crippen LogP contribution in [-0.2, 0) is 0 Å². The molecule has 1 aromatic heterocycles. The van der Waals surface area contributed by atoms with Gasteiger partial charge >= 0.3 is 0 Å². The van der Waals surface area contributed by atoms with Crippen molar-refractivity contribution in [3.05, 3.63) is 12.4 Å². The minimum Gasteiger partial charge on any atom is -0.366 e. The lowest BCUT2D eigenvalue weighted by atomic mass is 9.99. The average molecular weight is 236 g/mol. The highest BCUT2D eigenvalue weighted by Gasteiger charge is 2.22. The summed E-state index contributed by atoms with van der Waals surface area (Å²) in [5.74, 6) is 6.66. The Bertz CT molecular complexity index is 369. The fourth-order valence-electron chi connectivity index (χ4n) is 2.13. The van der Waals surface area contributed by atoms with Crippen LogP contribution in [0.25, 0.3) is 0 Å². The van der Waals surface area contributed by atoms with E-state index in [1.165, 1.54) is 0 Å². The molecule has 0 aliphatic carbocycles. The van der Waals surface area contributed by atoms with Gasteiger partial charge in [-0.05, 0) is 26.8 Å². The number of anilines is 2. The van der Waals surface area contributed by atoms with E-state index in [1.54, 1.807) is 12.4 Å². The van der Waals surface area contributed by atoms with Crippen LogP contribution in [0.15, 0.2) is 12.4 Å². The van der Waals surface area contributed by atoms with Crippen molar-refractivity contribution in [2.45, 2.75) is 31.8 Å². The van der Waals surface area contributed by atoms with Crippen molar-refractivity contribution in [1.29, 1.82) is 0 Å². The van der Waals surface area contributed by atoms with E-state index in [0.29, 0.717) is 17.9 Å². The van der Waals surface area contributed by atoms with Crippen molar-refractivity contribution in [3.8, 4) is 0 Å². The van der Waals surface area contributed by atoms with E-state index in [1.807, 2.05) is 0 Å². The second-order valence-corrected chi connectivity index (χ2v) is 4.63. The predicted octanol–water partition coefficient (Wildman–Crippen LogP) is 0.657. The number of hydrazine groups is 1. The molecule has 94 valence electrons. The van der Waals surface area contributed by atoms with E-state index in [4.69, 9.17) is 5.84 Å². The zero-order chi connectivity index (χ0) is 12.3. The third-order valence-corrected chi connectivity index (χ3v) is 3.34. The first-order valence-corrected chi connectivity index (χ1v) is 5.94. The van der Waals surface area contributed by atoms with E-state index >= 15 is 0 Å². The molecule has 2 unspecified atom stereocenters. The zero-order valence-electron chi connectivity index (χ0n) is 10.3. The Balaban J connectivity index is 1.96. The number of piperidine rings is 1. The molecular formula is C11H20N6. The monoisotopic (exact) mass is 236 g/mol. The number of rotatable bonds is 3. The van der Waals surface area contributed by atoms with Gasteiger partial charge in [0.15, 0.2) is 5.82 Å². The fraction of sp³-hybridized carbons (Fsp3) is 0.636. The van der Waals surface area contributed by atoms with Gasteiger partial charge in [-0.15, -0.1) is 0 Å². The molecule has 2 heterocycles. The van der Waals surface area contributed by atoms with Crippen LogP contribution in [0.2, 0.25) is 0 Å². The van der Waals surface area contributed by atoms with Crippen LogP contribution in [0, 0.1) is 0 Å². The maximum Gasteiger partial charge on any atom is 0.160 e.